The van der Waals surface area contributed by atoms with Crippen molar-refractivity contribution in [3.63, 3.8) is 0 Å². The lowest BCUT2D eigenvalue weighted by Gasteiger charge is -2.06. The summed E-state index contributed by atoms with van der Waals surface area (Å²) >= 11 is 0. The van der Waals surface area contributed by atoms with Gasteiger partial charge in [-0.1, -0.05) is 19.9 Å². The average Bonchev–Trinajstić information content (AvgIpc) is 2.38. The van der Waals surface area contributed by atoms with Gasteiger partial charge in [-0.05, 0) is 17.8 Å². The van der Waals surface area contributed by atoms with E-state index in [-0.39, 0.29) is 6.04 Å². The zero-order chi connectivity index (χ0) is 7.07. The van der Waals surface area contributed by atoms with E-state index in [9.17, 15) is 0 Å². The van der Waals surface area contributed by atoms with E-state index in [1.54, 1.807) is 0 Å². The molecular weight excluding hydrogens is 110 g/mol. The monoisotopic (exact) mass is 125 g/mol. The van der Waals surface area contributed by atoms with Gasteiger partial charge in [0.15, 0.2) is 0 Å². The molecule has 1 aliphatic carbocycles. The topological polar surface area (TPSA) is 26.0 Å². The molecule has 1 rings (SSSR count). The highest BCUT2D eigenvalue weighted by molar-refractivity contribution is 5.06. The Balaban J connectivity index is 2.42. The first-order chi connectivity index (χ1) is 4.08. The molecule has 0 saturated heterocycles. The molecule has 1 fully saturated rings. The van der Waals surface area contributed by atoms with Crippen LogP contribution >= 0.6 is 0 Å². The summed E-state index contributed by atoms with van der Waals surface area (Å²) in [5.74, 6) is 0.690. The molecule has 0 aromatic rings. The Morgan fingerprint density at radius 3 is 2.33 bits per heavy atom. The maximum atomic E-state index is 5.74. The number of hydrogen-bond acceptors (Lipinski definition) is 1. The highest BCUT2D eigenvalue weighted by Crippen LogP contribution is 2.53. The summed E-state index contributed by atoms with van der Waals surface area (Å²) in [7, 11) is 0. The van der Waals surface area contributed by atoms with Gasteiger partial charge >= 0.3 is 0 Å². The second-order valence-corrected chi connectivity index (χ2v) is 3.61. The predicted molar refractivity (Wildman–Crippen MR) is 40.1 cm³/mol. The molecule has 0 aliphatic heterocycles. The van der Waals surface area contributed by atoms with Crippen LogP contribution in [0.4, 0.5) is 0 Å². The zero-order valence-corrected chi connectivity index (χ0v) is 6.22. The summed E-state index contributed by atoms with van der Waals surface area (Å²) < 4.78 is 0. The van der Waals surface area contributed by atoms with Crippen molar-refractivity contribution >= 4 is 0 Å². The summed E-state index contributed by atoms with van der Waals surface area (Å²) in [5, 5.41) is 0. The summed E-state index contributed by atoms with van der Waals surface area (Å²) in [6.45, 7) is 8.16. The normalized spacial score (nSPS) is 33.4. The SMILES string of the molecule is C=CC(N)C1CC1(C)C. The lowest BCUT2D eigenvalue weighted by Crippen LogP contribution is -2.21. The van der Waals surface area contributed by atoms with Crippen LogP contribution in [0.2, 0.25) is 0 Å². The highest BCUT2D eigenvalue weighted by Gasteiger charge is 2.47. The molecule has 0 spiro atoms. The Labute approximate surface area is 56.9 Å². The molecule has 0 amide bonds. The third-order valence-corrected chi connectivity index (χ3v) is 2.33. The minimum absolute atomic E-state index is 0.222. The van der Waals surface area contributed by atoms with Crippen molar-refractivity contribution in [2.24, 2.45) is 17.1 Å². The van der Waals surface area contributed by atoms with E-state index in [0.29, 0.717) is 11.3 Å². The van der Waals surface area contributed by atoms with Gasteiger partial charge < -0.3 is 5.73 Å². The second kappa shape index (κ2) is 1.84. The molecule has 0 radical (unpaired) electrons. The van der Waals surface area contributed by atoms with Gasteiger partial charge in [-0.2, -0.15) is 0 Å². The summed E-state index contributed by atoms with van der Waals surface area (Å²) in [4.78, 5) is 0. The number of nitrogens with two attached hydrogens (primary N) is 1. The van der Waals surface area contributed by atoms with Crippen LogP contribution in [0.3, 0.4) is 0 Å². The molecule has 1 aliphatic rings. The maximum absolute atomic E-state index is 5.74. The van der Waals surface area contributed by atoms with E-state index in [0.717, 1.165) is 0 Å². The lowest BCUT2D eigenvalue weighted by molar-refractivity contribution is 0.525. The van der Waals surface area contributed by atoms with Crippen LogP contribution in [-0.2, 0) is 0 Å². The van der Waals surface area contributed by atoms with Crippen LogP contribution in [0.15, 0.2) is 12.7 Å². The summed E-state index contributed by atoms with van der Waals surface area (Å²) in [5.41, 5.74) is 6.23. The molecule has 1 heteroatoms. The standard InChI is InChI=1S/C8H15N/c1-4-7(9)6-5-8(6,2)3/h4,6-7H,1,5,9H2,2-3H3. The first kappa shape index (κ1) is 6.81. The van der Waals surface area contributed by atoms with Gasteiger partial charge in [0.2, 0.25) is 0 Å². The molecule has 0 aromatic heterocycles. The largest absolute Gasteiger partial charge is 0.324 e. The molecule has 2 unspecified atom stereocenters. The van der Waals surface area contributed by atoms with E-state index in [4.69, 9.17) is 5.73 Å². The Kier molecular flexibility index (Phi) is 1.39. The highest BCUT2D eigenvalue weighted by atomic mass is 14.7. The van der Waals surface area contributed by atoms with Gasteiger partial charge in [-0.25, -0.2) is 0 Å². The van der Waals surface area contributed by atoms with Crippen LogP contribution in [0.5, 0.6) is 0 Å². The molecule has 2 atom stereocenters. The minimum atomic E-state index is 0.222. The molecule has 2 N–H and O–H groups in total. The fraction of sp³-hybridized carbons (Fsp3) is 0.750. The van der Waals surface area contributed by atoms with Gasteiger partial charge in [0.05, 0.1) is 0 Å². The van der Waals surface area contributed by atoms with Crippen molar-refractivity contribution in [3.8, 4) is 0 Å². The van der Waals surface area contributed by atoms with Gasteiger partial charge in [0, 0.05) is 6.04 Å². The molecule has 9 heavy (non-hydrogen) atoms. The van der Waals surface area contributed by atoms with Crippen LogP contribution in [0.1, 0.15) is 20.3 Å². The van der Waals surface area contributed by atoms with E-state index in [2.05, 4.69) is 20.4 Å². The van der Waals surface area contributed by atoms with Crippen molar-refractivity contribution in [1.82, 2.24) is 0 Å². The van der Waals surface area contributed by atoms with E-state index in [1.807, 2.05) is 6.08 Å². The first-order valence-corrected chi connectivity index (χ1v) is 3.46. The third-order valence-electron chi connectivity index (χ3n) is 2.33. The molecule has 1 saturated carbocycles. The van der Waals surface area contributed by atoms with Crippen LogP contribution in [0, 0.1) is 11.3 Å². The van der Waals surface area contributed by atoms with Gasteiger partial charge in [0.1, 0.15) is 0 Å². The average molecular weight is 125 g/mol. The van der Waals surface area contributed by atoms with Crippen molar-refractivity contribution in [1.29, 1.82) is 0 Å². The molecule has 0 heterocycles. The van der Waals surface area contributed by atoms with Crippen molar-refractivity contribution < 1.29 is 0 Å². The molecule has 52 valence electrons. The summed E-state index contributed by atoms with van der Waals surface area (Å²) in [6.07, 6.45) is 3.11. The van der Waals surface area contributed by atoms with E-state index < -0.39 is 0 Å². The Hall–Kier alpha value is -0.300. The fourth-order valence-corrected chi connectivity index (χ4v) is 1.33. The smallest absolute Gasteiger partial charge is 0.0255 e. The van der Waals surface area contributed by atoms with Gasteiger partial charge in [-0.15, -0.1) is 6.58 Å². The minimum Gasteiger partial charge on any atom is -0.324 e. The van der Waals surface area contributed by atoms with Gasteiger partial charge in [0.25, 0.3) is 0 Å². The van der Waals surface area contributed by atoms with Crippen LogP contribution in [0.25, 0.3) is 0 Å². The number of hydrogen-bond donors (Lipinski definition) is 1. The third kappa shape index (κ3) is 1.16. The van der Waals surface area contributed by atoms with Gasteiger partial charge in [-0.3, -0.25) is 0 Å². The second-order valence-electron chi connectivity index (χ2n) is 3.61. The van der Waals surface area contributed by atoms with Crippen LogP contribution < -0.4 is 5.73 Å². The van der Waals surface area contributed by atoms with Crippen molar-refractivity contribution in [2.75, 3.05) is 0 Å². The Bertz CT molecular complexity index is 127. The van der Waals surface area contributed by atoms with Crippen LogP contribution in [-0.4, -0.2) is 6.04 Å². The molecule has 1 nitrogen and oxygen atoms in total. The number of rotatable bonds is 2. The van der Waals surface area contributed by atoms with E-state index in [1.165, 1.54) is 6.42 Å². The quantitative estimate of drug-likeness (QED) is 0.557. The molecule has 0 bridgehead atoms. The fourth-order valence-electron chi connectivity index (χ4n) is 1.33. The lowest BCUT2D eigenvalue weighted by atomic mass is 10.1. The Morgan fingerprint density at radius 1 is 1.78 bits per heavy atom. The summed E-state index contributed by atoms with van der Waals surface area (Å²) in [6, 6.07) is 0.222. The molecule has 0 aromatic carbocycles. The first-order valence-electron chi connectivity index (χ1n) is 3.46. The van der Waals surface area contributed by atoms with Crippen molar-refractivity contribution in [2.45, 2.75) is 26.3 Å². The maximum Gasteiger partial charge on any atom is 0.0255 e. The molecular formula is C8H15N. The van der Waals surface area contributed by atoms with E-state index >= 15 is 0 Å². The van der Waals surface area contributed by atoms with Crippen molar-refractivity contribution in [3.05, 3.63) is 12.7 Å². The predicted octanol–water partition coefficient (Wildman–Crippen LogP) is 1.55. The Morgan fingerprint density at radius 2 is 2.22 bits per heavy atom. The zero-order valence-electron chi connectivity index (χ0n) is 6.22.